The molecular formula is C21H22N4O3. The van der Waals surface area contributed by atoms with Crippen molar-refractivity contribution in [2.24, 2.45) is 0 Å². The summed E-state index contributed by atoms with van der Waals surface area (Å²) in [7, 11) is 0. The predicted octanol–water partition coefficient (Wildman–Crippen LogP) is 3.59. The summed E-state index contributed by atoms with van der Waals surface area (Å²) in [6.07, 6.45) is 1.19. The number of benzene rings is 2. The Balaban J connectivity index is 1.66. The van der Waals surface area contributed by atoms with Gasteiger partial charge in [-0.25, -0.2) is 4.79 Å². The van der Waals surface area contributed by atoms with E-state index in [1.807, 2.05) is 6.07 Å². The van der Waals surface area contributed by atoms with E-state index in [1.54, 1.807) is 60.4 Å². The average Bonchev–Trinajstić information content (AvgIpc) is 3.25. The first kappa shape index (κ1) is 19.2. The number of ether oxygens (including phenoxy) is 1. The number of nitriles is 1. The second-order valence-corrected chi connectivity index (χ2v) is 6.53. The van der Waals surface area contributed by atoms with Crippen molar-refractivity contribution < 1.29 is 14.3 Å². The smallest absolute Gasteiger partial charge is 0.321 e. The lowest BCUT2D eigenvalue weighted by Gasteiger charge is -2.19. The molecule has 0 aromatic heterocycles. The molecule has 1 heterocycles. The summed E-state index contributed by atoms with van der Waals surface area (Å²) in [4.78, 5) is 26.7. The van der Waals surface area contributed by atoms with Crippen LogP contribution >= 0.6 is 0 Å². The van der Waals surface area contributed by atoms with Crippen molar-refractivity contribution in [2.45, 2.75) is 25.9 Å². The lowest BCUT2D eigenvalue weighted by Crippen LogP contribution is -2.33. The van der Waals surface area contributed by atoms with Crippen LogP contribution in [0.5, 0.6) is 5.75 Å². The number of carbonyl (C=O) groups is 2. The van der Waals surface area contributed by atoms with Gasteiger partial charge in [0.1, 0.15) is 11.8 Å². The zero-order chi connectivity index (χ0) is 19.9. The van der Waals surface area contributed by atoms with Crippen LogP contribution in [0.2, 0.25) is 0 Å². The second-order valence-electron chi connectivity index (χ2n) is 6.53. The molecule has 2 aromatic carbocycles. The van der Waals surface area contributed by atoms with Gasteiger partial charge >= 0.3 is 6.03 Å². The molecule has 7 heteroatoms. The maximum Gasteiger partial charge on any atom is 0.321 e. The molecule has 1 aliphatic rings. The molecule has 0 spiro atoms. The molecule has 1 fully saturated rings. The van der Waals surface area contributed by atoms with E-state index in [2.05, 4.69) is 10.6 Å². The number of rotatable bonds is 5. The van der Waals surface area contributed by atoms with Crippen molar-refractivity contribution in [1.82, 2.24) is 4.90 Å². The Morgan fingerprint density at radius 1 is 1.04 bits per heavy atom. The molecule has 3 amide bonds. The number of carbonyl (C=O) groups excluding carboxylic acids is 2. The summed E-state index contributed by atoms with van der Waals surface area (Å²) in [5.41, 5.74) is 1.38. The number of nitrogens with one attached hydrogen (secondary N) is 2. The molecule has 0 saturated carbocycles. The Morgan fingerprint density at radius 3 is 2.32 bits per heavy atom. The van der Waals surface area contributed by atoms with Crippen LogP contribution in [0.3, 0.4) is 0 Å². The zero-order valence-corrected chi connectivity index (χ0v) is 15.6. The number of para-hydroxylation sites is 3. The van der Waals surface area contributed by atoms with Gasteiger partial charge in [-0.2, -0.15) is 5.26 Å². The van der Waals surface area contributed by atoms with Crippen LogP contribution in [0.4, 0.5) is 16.2 Å². The Kier molecular flexibility index (Phi) is 6.12. The number of amides is 3. The van der Waals surface area contributed by atoms with Crippen LogP contribution in [0.15, 0.2) is 48.5 Å². The van der Waals surface area contributed by atoms with E-state index in [1.165, 1.54) is 0 Å². The van der Waals surface area contributed by atoms with Crippen LogP contribution in [0.1, 0.15) is 25.3 Å². The van der Waals surface area contributed by atoms with Gasteiger partial charge in [-0.05, 0) is 44.0 Å². The van der Waals surface area contributed by atoms with Crippen molar-refractivity contribution in [2.75, 3.05) is 23.7 Å². The van der Waals surface area contributed by atoms with Gasteiger partial charge in [0.15, 0.2) is 6.10 Å². The second kappa shape index (κ2) is 8.91. The van der Waals surface area contributed by atoms with Crippen molar-refractivity contribution in [3.8, 4) is 11.8 Å². The SMILES string of the molecule is CC(Oc1ccccc1C#N)C(=O)Nc1ccccc1NC(=O)N1CCCC1. The van der Waals surface area contributed by atoms with Crippen LogP contribution in [-0.4, -0.2) is 36.0 Å². The minimum atomic E-state index is -0.822. The third-order valence-corrected chi connectivity index (χ3v) is 4.50. The molecule has 28 heavy (non-hydrogen) atoms. The minimum absolute atomic E-state index is 0.175. The molecule has 2 aromatic rings. The zero-order valence-electron chi connectivity index (χ0n) is 15.6. The third-order valence-electron chi connectivity index (χ3n) is 4.50. The lowest BCUT2D eigenvalue weighted by molar-refractivity contribution is -0.122. The molecule has 2 N–H and O–H groups in total. The molecule has 0 radical (unpaired) electrons. The van der Waals surface area contributed by atoms with E-state index in [0.717, 1.165) is 25.9 Å². The fourth-order valence-corrected chi connectivity index (χ4v) is 2.96. The normalized spacial score (nSPS) is 14.1. The summed E-state index contributed by atoms with van der Waals surface area (Å²) in [6, 6.07) is 15.6. The Bertz CT molecular complexity index is 901. The minimum Gasteiger partial charge on any atom is -0.480 e. The van der Waals surface area contributed by atoms with E-state index in [-0.39, 0.29) is 11.9 Å². The van der Waals surface area contributed by atoms with Crippen molar-refractivity contribution in [3.63, 3.8) is 0 Å². The highest BCUT2D eigenvalue weighted by atomic mass is 16.5. The van der Waals surface area contributed by atoms with Gasteiger partial charge < -0.3 is 20.3 Å². The van der Waals surface area contributed by atoms with Gasteiger partial charge in [-0.1, -0.05) is 24.3 Å². The van der Waals surface area contributed by atoms with Gasteiger partial charge in [-0.15, -0.1) is 0 Å². The van der Waals surface area contributed by atoms with Gasteiger partial charge in [0, 0.05) is 13.1 Å². The number of nitrogens with zero attached hydrogens (tertiary/aromatic N) is 2. The number of urea groups is 1. The molecule has 0 aliphatic carbocycles. The van der Waals surface area contributed by atoms with E-state index < -0.39 is 6.10 Å². The van der Waals surface area contributed by atoms with Gasteiger partial charge in [0.25, 0.3) is 5.91 Å². The Hall–Kier alpha value is -3.53. The first-order valence-corrected chi connectivity index (χ1v) is 9.20. The van der Waals surface area contributed by atoms with Crippen LogP contribution in [0.25, 0.3) is 0 Å². The summed E-state index contributed by atoms with van der Waals surface area (Å²) in [5.74, 6) is -0.0288. The monoisotopic (exact) mass is 378 g/mol. The van der Waals surface area contributed by atoms with Crippen LogP contribution < -0.4 is 15.4 Å². The number of likely N-dealkylation sites (tertiary alicyclic amines) is 1. The summed E-state index contributed by atoms with van der Waals surface area (Å²) < 4.78 is 5.64. The van der Waals surface area contributed by atoms with Gasteiger partial charge in [0.05, 0.1) is 16.9 Å². The highest BCUT2D eigenvalue weighted by molar-refractivity contribution is 6.00. The van der Waals surface area contributed by atoms with Crippen molar-refractivity contribution in [3.05, 3.63) is 54.1 Å². The molecule has 1 atom stereocenters. The highest BCUT2D eigenvalue weighted by Crippen LogP contribution is 2.23. The summed E-state index contributed by atoms with van der Waals surface area (Å²) >= 11 is 0. The molecule has 144 valence electrons. The number of hydrogen-bond donors (Lipinski definition) is 2. The third kappa shape index (κ3) is 4.60. The van der Waals surface area contributed by atoms with Gasteiger partial charge in [-0.3, -0.25) is 4.79 Å². The standard InChI is InChI=1S/C21H22N4O3/c1-15(28-19-11-5-2-8-16(19)14-22)20(26)23-17-9-3-4-10-18(17)24-21(27)25-12-6-7-13-25/h2-5,8-11,15H,6-7,12-13H2,1H3,(H,23,26)(H,24,27). The summed E-state index contributed by atoms with van der Waals surface area (Å²) in [6.45, 7) is 3.09. The maximum atomic E-state index is 12.6. The topological polar surface area (TPSA) is 94.5 Å². The Morgan fingerprint density at radius 2 is 1.64 bits per heavy atom. The molecular weight excluding hydrogens is 356 g/mol. The van der Waals surface area contributed by atoms with Crippen molar-refractivity contribution in [1.29, 1.82) is 5.26 Å². The predicted molar refractivity (Wildman–Crippen MR) is 106 cm³/mol. The van der Waals surface area contributed by atoms with E-state index >= 15 is 0 Å². The van der Waals surface area contributed by atoms with Crippen molar-refractivity contribution >= 4 is 23.3 Å². The molecule has 1 aliphatic heterocycles. The quantitative estimate of drug-likeness (QED) is 0.831. The maximum absolute atomic E-state index is 12.6. The van der Waals surface area contributed by atoms with E-state index in [4.69, 9.17) is 10.00 Å². The first-order valence-electron chi connectivity index (χ1n) is 9.20. The van der Waals surface area contributed by atoms with E-state index in [9.17, 15) is 9.59 Å². The first-order chi connectivity index (χ1) is 13.6. The molecule has 0 bridgehead atoms. The lowest BCUT2D eigenvalue weighted by atomic mass is 10.2. The highest BCUT2D eigenvalue weighted by Gasteiger charge is 2.21. The summed E-state index contributed by atoms with van der Waals surface area (Å²) in [5, 5.41) is 14.8. The van der Waals surface area contributed by atoms with Gasteiger partial charge in [0.2, 0.25) is 0 Å². The fourth-order valence-electron chi connectivity index (χ4n) is 2.96. The number of hydrogen-bond acceptors (Lipinski definition) is 4. The molecule has 3 rings (SSSR count). The Labute approximate surface area is 163 Å². The number of anilines is 2. The average molecular weight is 378 g/mol. The van der Waals surface area contributed by atoms with E-state index in [0.29, 0.717) is 22.7 Å². The largest absolute Gasteiger partial charge is 0.480 e. The fraction of sp³-hybridized carbons (Fsp3) is 0.286. The molecule has 7 nitrogen and oxygen atoms in total. The van der Waals surface area contributed by atoms with Crippen LogP contribution in [-0.2, 0) is 4.79 Å². The molecule has 1 unspecified atom stereocenters. The van der Waals surface area contributed by atoms with Crippen LogP contribution in [0, 0.1) is 11.3 Å². The molecule has 1 saturated heterocycles.